The van der Waals surface area contributed by atoms with Gasteiger partial charge in [0.1, 0.15) is 0 Å². The third kappa shape index (κ3) is 3.22. The average molecular weight is 370 g/mol. The maximum absolute atomic E-state index is 6.06. The molecule has 5 heteroatoms. The lowest BCUT2D eigenvalue weighted by atomic mass is 10.3. The molecule has 0 amide bonds. The maximum atomic E-state index is 6.06. The number of halogens is 2. The Labute approximate surface area is 116 Å². The second-order valence-electron chi connectivity index (χ2n) is 3.01. The van der Waals surface area contributed by atoms with Crippen LogP contribution in [0.1, 0.15) is 0 Å². The first kappa shape index (κ1) is 12.0. The highest BCUT2D eigenvalue weighted by Crippen LogP contribution is 2.30. The number of hydrogen-bond acceptors (Lipinski definition) is 3. The van der Waals surface area contributed by atoms with Crippen LogP contribution in [0, 0.1) is 0 Å². The molecule has 1 heterocycles. The second-order valence-corrected chi connectivity index (χ2v) is 6.81. The van der Waals surface area contributed by atoms with Crippen molar-refractivity contribution in [2.45, 2.75) is 9.72 Å². The molecule has 2 aromatic rings. The molecule has 0 saturated carbocycles. The lowest BCUT2D eigenvalue weighted by Crippen LogP contribution is -2.02. The number of hydrogen-bond donors (Lipinski definition) is 0. The van der Waals surface area contributed by atoms with Gasteiger partial charge in [-0.3, -0.25) is 0 Å². The van der Waals surface area contributed by atoms with Crippen LogP contribution in [0.4, 0.5) is 0 Å². The van der Waals surface area contributed by atoms with E-state index in [9.17, 15) is 0 Å². The van der Waals surface area contributed by atoms with E-state index in [0.29, 0.717) is 0 Å². The summed E-state index contributed by atoms with van der Waals surface area (Å²) in [5.41, 5.74) is 1.09. The Hall–Kier alpha value is 0.480. The van der Waals surface area contributed by atoms with Crippen LogP contribution in [-0.4, -0.2) is 20.5 Å². The van der Waals surface area contributed by atoms with Crippen molar-refractivity contribution in [2.75, 3.05) is 10.2 Å². The Morgan fingerprint density at radius 2 is 2.27 bits per heavy atom. The van der Waals surface area contributed by atoms with E-state index in [1.807, 2.05) is 18.2 Å². The van der Waals surface area contributed by atoms with E-state index in [4.69, 9.17) is 11.6 Å². The van der Waals surface area contributed by atoms with Gasteiger partial charge in [0.25, 0.3) is 0 Å². The largest absolute Gasteiger partial charge is 0.230 e. The Bertz CT molecular complexity index is 413. The van der Waals surface area contributed by atoms with Crippen LogP contribution in [0.15, 0.2) is 28.6 Å². The zero-order chi connectivity index (χ0) is 10.7. The minimum atomic E-state index is 0.239. The molecule has 1 atom stereocenters. The van der Waals surface area contributed by atoms with Crippen LogP contribution in [-0.2, 0) is 0 Å². The summed E-state index contributed by atoms with van der Waals surface area (Å²) in [6.07, 6.45) is 0. The number of alkyl halides is 2. The van der Waals surface area contributed by atoms with Gasteiger partial charge in [0, 0.05) is 10.2 Å². The first-order valence-corrected chi connectivity index (χ1v) is 8.24. The van der Waals surface area contributed by atoms with Crippen LogP contribution in [0.2, 0.25) is 0 Å². The molecule has 0 N–H and O–H groups in total. The summed E-state index contributed by atoms with van der Waals surface area (Å²) in [5, 5.41) is 0.239. The van der Waals surface area contributed by atoms with E-state index in [1.165, 1.54) is 4.70 Å². The number of para-hydroxylation sites is 1. The molecule has 0 saturated heterocycles. The molecule has 1 aromatic heterocycles. The molecule has 2 rings (SSSR count). The minimum Gasteiger partial charge on any atom is -0.230 e. The first-order chi connectivity index (χ1) is 7.29. The van der Waals surface area contributed by atoms with Crippen LogP contribution in [0.3, 0.4) is 0 Å². The van der Waals surface area contributed by atoms with Gasteiger partial charge in [0.2, 0.25) is 0 Å². The Balaban J connectivity index is 2.09. The van der Waals surface area contributed by atoms with Crippen molar-refractivity contribution in [3.8, 4) is 0 Å². The topological polar surface area (TPSA) is 12.9 Å². The van der Waals surface area contributed by atoms with Crippen LogP contribution in [0.5, 0.6) is 0 Å². The lowest BCUT2D eigenvalue weighted by Gasteiger charge is -2.01. The van der Waals surface area contributed by atoms with Gasteiger partial charge >= 0.3 is 0 Å². The second kappa shape index (κ2) is 5.70. The fourth-order valence-electron chi connectivity index (χ4n) is 1.12. The molecule has 0 aliphatic rings. The Morgan fingerprint density at radius 3 is 3.00 bits per heavy atom. The standard InChI is InChI=1S/C10H9ClINS2/c11-7(5-12)6-14-10-13-8-3-1-2-4-9(8)15-10/h1-4,7H,5-6H2. The molecule has 0 aliphatic carbocycles. The SMILES string of the molecule is ClC(CI)CSc1nc2ccccc2s1. The summed E-state index contributed by atoms with van der Waals surface area (Å²) in [4.78, 5) is 4.54. The van der Waals surface area contributed by atoms with Crippen molar-refractivity contribution in [1.29, 1.82) is 0 Å². The first-order valence-electron chi connectivity index (χ1n) is 4.48. The summed E-state index contributed by atoms with van der Waals surface area (Å²) < 4.78 is 3.35. The molecule has 0 bridgehead atoms. The Kier molecular flexibility index (Phi) is 4.54. The van der Waals surface area contributed by atoms with Gasteiger partial charge in [-0.2, -0.15) is 0 Å². The number of fused-ring (bicyclic) bond motifs is 1. The highest BCUT2D eigenvalue weighted by Gasteiger charge is 2.07. The molecule has 80 valence electrons. The summed E-state index contributed by atoms with van der Waals surface area (Å²) in [5.74, 6) is 0.935. The quantitative estimate of drug-likeness (QED) is 0.449. The summed E-state index contributed by atoms with van der Waals surface area (Å²) in [6, 6.07) is 8.22. The molecule has 0 fully saturated rings. The summed E-state index contributed by atoms with van der Waals surface area (Å²) in [6.45, 7) is 0. The molecular formula is C10H9ClINS2. The molecule has 1 unspecified atom stereocenters. The summed E-state index contributed by atoms with van der Waals surface area (Å²) in [7, 11) is 0. The highest BCUT2D eigenvalue weighted by atomic mass is 127. The Morgan fingerprint density at radius 1 is 1.47 bits per heavy atom. The maximum Gasteiger partial charge on any atom is 0.151 e. The lowest BCUT2D eigenvalue weighted by molar-refractivity contribution is 1.15. The number of benzene rings is 1. The molecule has 0 aliphatic heterocycles. The third-order valence-electron chi connectivity index (χ3n) is 1.83. The van der Waals surface area contributed by atoms with Gasteiger partial charge in [0.05, 0.1) is 15.6 Å². The predicted molar refractivity (Wildman–Crippen MR) is 78.9 cm³/mol. The van der Waals surface area contributed by atoms with E-state index < -0.39 is 0 Å². The predicted octanol–water partition coefficient (Wildman–Crippen LogP) is 4.43. The van der Waals surface area contributed by atoms with Gasteiger partial charge in [-0.1, -0.05) is 46.5 Å². The van der Waals surface area contributed by atoms with E-state index in [2.05, 4.69) is 33.6 Å². The molecule has 15 heavy (non-hydrogen) atoms. The fourth-order valence-corrected chi connectivity index (χ4v) is 4.05. The third-order valence-corrected chi connectivity index (χ3v) is 6.25. The minimum absolute atomic E-state index is 0.239. The van der Waals surface area contributed by atoms with Crippen LogP contribution in [0.25, 0.3) is 10.2 Å². The van der Waals surface area contributed by atoms with Gasteiger partial charge < -0.3 is 0 Å². The van der Waals surface area contributed by atoms with E-state index >= 15 is 0 Å². The van der Waals surface area contributed by atoms with E-state index in [-0.39, 0.29) is 5.38 Å². The van der Waals surface area contributed by atoms with Crippen molar-refractivity contribution >= 4 is 67.5 Å². The number of aromatic nitrogens is 1. The van der Waals surface area contributed by atoms with Crippen molar-refractivity contribution in [2.24, 2.45) is 0 Å². The fraction of sp³-hybridized carbons (Fsp3) is 0.300. The summed E-state index contributed by atoms with van der Waals surface area (Å²) >= 11 is 11.9. The van der Waals surface area contributed by atoms with Crippen molar-refractivity contribution < 1.29 is 0 Å². The molecule has 1 nitrogen and oxygen atoms in total. The van der Waals surface area contributed by atoms with Crippen LogP contribution < -0.4 is 0 Å². The van der Waals surface area contributed by atoms with E-state index in [1.54, 1.807) is 23.1 Å². The molecule has 0 spiro atoms. The van der Waals surface area contributed by atoms with Crippen LogP contribution >= 0.6 is 57.3 Å². The van der Waals surface area contributed by atoms with Crippen molar-refractivity contribution in [3.63, 3.8) is 0 Å². The smallest absolute Gasteiger partial charge is 0.151 e. The number of nitrogens with zero attached hydrogens (tertiary/aromatic N) is 1. The molecular weight excluding hydrogens is 361 g/mol. The zero-order valence-corrected chi connectivity index (χ0v) is 12.4. The number of thioether (sulfide) groups is 1. The van der Waals surface area contributed by atoms with Crippen molar-refractivity contribution in [3.05, 3.63) is 24.3 Å². The normalized spacial score (nSPS) is 13.2. The molecule has 1 aromatic carbocycles. The van der Waals surface area contributed by atoms with E-state index in [0.717, 1.165) is 20.0 Å². The highest BCUT2D eigenvalue weighted by molar-refractivity contribution is 14.1. The zero-order valence-electron chi connectivity index (χ0n) is 7.82. The van der Waals surface area contributed by atoms with Gasteiger partial charge in [-0.15, -0.1) is 22.9 Å². The van der Waals surface area contributed by atoms with Gasteiger partial charge in [0.15, 0.2) is 4.34 Å². The monoisotopic (exact) mass is 369 g/mol. The van der Waals surface area contributed by atoms with Gasteiger partial charge in [-0.25, -0.2) is 4.98 Å². The molecule has 0 radical (unpaired) electrons. The van der Waals surface area contributed by atoms with Crippen molar-refractivity contribution in [1.82, 2.24) is 4.98 Å². The van der Waals surface area contributed by atoms with Gasteiger partial charge in [-0.05, 0) is 12.1 Å². The number of thiazole rings is 1. The average Bonchev–Trinajstić information content (AvgIpc) is 2.68. The number of rotatable bonds is 4.